The Bertz CT molecular complexity index is 499. The zero-order valence-corrected chi connectivity index (χ0v) is 7.35. The summed E-state index contributed by atoms with van der Waals surface area (Å²) in [7, 11) is 4.87. The average molecular weight is 229 g/mol. The topological polar surface area (TPSA) is 37.4 Å². The number of carbonyl (C=O) groups is 2. The normalized spacial score (nSPS) is 14.6. The molecule has 0 aliphatic carbocycles. The SMILES string of the molecule is [B]N1C(=O)c2c(F)c(F)c(F)c(F)c2C1=O. The van der Waals surface area contributed by atoms with E-state index in [1.807, 2.05) is 0 Å². The summed E-state index contributed by atoms with van der Waals surface area (Å²) in [6, 6.07) is 0. The fourth-order valence-electron chi connectivity index (χ4n) is 1.37. The standard InChI is InChI=1S/C8BF4NO2/c9-14-7(15)1-2(8(14)16)4(11)6(13)5(12)3(1)10. The maximum Gasteiger partial charge on any atom is 0.251 e. The molecule has 0 atom stereocenters. The second-order valence-electron chi connectivity index (χ2n) is 2.99. The second kappa shape index (κ2) is 3.07. The van der Waals surface area contributed by atoms with Gasteiger partial charge in [-0.1, -0.05) is 0 Å². The van der Waals surface area contributed by atoms with Crippen LogP contribution in [0, 0.1) is 23.3 Å². The first-order valence-electron chi connectivity index (χ1n) is 3.87. The summed E-state index contributed by atoms with van der Waals surface area (Å²) in [5.74, 6) is -11.0. The highest BCUT2D eigenvalue weighted by Gasteiger charge is 2.41. The van der Waals surface area contributed by atoms with E-state index >= 15 is 0 Å². The molecule has 3 nitrogen and oxygen atoms in total. The predicted molar refractivity (Wildman–Crippen MR) is 42.5 cm³/mol. The Morgan fingerprint density at radius 2 is 1.06 bits per heavy atom. The fraction of sp³-hybridized carbons (Fsp3) is 0. The van der Waals surface area contributed by atoms with Gasteiger partial charge in [0.2, 0.25) is 7.98 Å². The quantitative estimate of drug-likeness (QED) is 0.218. The molecule has 0 unspecified atom stereocenters. The van der Waals surface area contributed by atoms with Crippen molar-refractivity contribution in [1.29, 1.82) is 0 Å². The molecule has 2 amide bonds. The smallest absolute Gasteiger partial charge is 0.251 e. The molecule has 1 aromatic rings. The van der Waals surface area contributed by atoms with Gasteiger partial charge in [-0.25, -0.2) is 17.6 Å². The molecule has 0 spiro atoms. The Kier molecular flexibility index (Phi) is 2.04. The molecule has 1 heterocycles. The first-order chi connectivity index (χ1) is 7.37. The molecule has 0 bridgehead atoms. The summed E-state index contributed by atoms with van der Waals surface area (Å²) in [5.41, 5.74) is -2.38. The van der Waals surface area contributed by atoms with Crippen LogP contribution in [0.25, 0.3) is 0 Å². The Morgan fingerprint density at radius 1 is 0.750 bits per heavy atom. The number of amides is 2. The first-order valence-corrected chi connectivity index (χ1v) is 3.87. The molecule has 0 fully saturated rings. The van der Waals surface area contributed by atoms with Gasteiger partial charge in [-0.15, -0.1) is 0 Å². The number of nitrogens with zero attached hydrogens (tertiary/aromatic N) is 1. The molecule has 0 saturated carbocycles. The summed E-state index contributed by atoms with van der Waals surface area (Å²) in [4.78, 5) is 22.1. The van der Waals surface area contributed by atoms with Gasteiger partial charge in [0.05, 0.1) is 11.1 Å². The summed E-state index contributed by atoms with van der Waals surface area (Å²) in [5, 5.41) is 0. The van der Waals surface area contributed by atoms with E-state index < -0.39 is 46.2 Å². The monoisotopic (exact) mass is 229 g/mol. The lowest BCUT2D eigenvalue weighted by atomic mass is 10.1. The van der Waals surface area contributed by atoms with Crippen molar-refractivity contribution in [2.75, 3.05) is 0 Å². The minimum Gasteiger partial charge on any atom is -0.332 e. The van der Waals surface area contributed by atoms with E-state index in [-0.39, 0.29) is 4.81 Å². The van der Waals surface area contributed by atoms with Crippen molar-refractivity contribution in [3.8, 4) is 0 Å². The van der Waals surface area contributed by atoms with Crippen LogP contribution in [-0.4, -0.2) is 24.6 Å². The summed E-state index contributed by atoms with van der Waals surface area (Å²) >= 11 is 0. The van der Waals surface area contributed by atoms with Crippen LogP contribution in [0.15, 0.2) is 0 Å². The molecule has 1 aromatic carbocycles. The number of carbonyl (C=O) groups excluding carboxylic acids is 2. The molecule has 1 aliphatic heterocycles. The molecule has 1 aliphatic rings. The number of halogens is 4. The van der Waals surface area contributed by atoms with Crippen LogP contribution in [0.5, 0.6) is 0 Å². The molecule has 0 aromatic heterocycles. The highest BCUT2D eigenvalue weighted by molar-refractivity contribution is 6.36. The van der Waals surface area contributed by atoms with E-state index in [4.69, 9.17) is 7.98 Å². The van der Waals surface area contributed by atoms with Gasteiger partial charge in [-0.2, -0.15) is 0 Å². The Morgan fingerprint density at radius 3 is 1.38 bits per heavy atom. The third-order valence-corrected chi connectivity index (χ3v) is 2.13. The first kappa shape index (κ1) is 10.7. The van der Waals surface area contributed by atoms with Crippen molar-refractivity contribution in [1.82, 2.24) is 4.81 Å². The summed E-state index contributed by atoms with van der Waals surface area (Å²) < 4.78 is 51.7. The molecule has 80 valence electrons. The number of hydrogen-bond donors (Lipinski definition) is 0. The molecule has 8 heteroatoms. The van der Waals surface area contributed by atoms with E-state index in [1.165, 1.54) is 0 Å². The zero-order chi connectivity index (χ0) is 12.2. The number of rotatable bonds is 0. The maximum absolute atomic E-state index is 13.1. The van der Waals surface area contributed by atoms with Gasteiger partial charge in [-0.3, -0.25) is 9.59 Å². The van der Waals surface area contributed by atoms with Crippen LogP contribution < -0.4 is 0 Å². The molecule has 2 rings (SSSR count). The Labute approximate surface area is 87.1 Å². The molecule has 0 saturated heterocycles. The van der Waals surface area contributed by atoms with Gasteiger partial charge < -0.3 is 4.81 Å². The van der Waals surface area contributed by atoms with Gasteiger partial charge in [-0.05, 0) is 0 Å². The van der Waals surface area contributed by atoms with E-state index in [2.05, 4.69) is 0 Å². The van der Waals surface area contributed by atoms with Gasteiger partial charge >= 0.3 is 0 Å². The highest BCUT2D eigenvalue weighted by Crippen LogP contribution is 2.30. The van der Waals surface area contributed by atoms with Crippen LogP contribution in [0.4, 0.5) is 17.6 Å². The number of benzene rings is 1. The molecule has 16 heavy (non-hydrogen) atoms. The predicted octanol–water partition coefficient (Wildman–Crippen LogP) is 0.923. The Hall–Kier alpha value is -1.86. The fourth-order valence-corrected chi connectivity index (χ4v) is 1.37. The Balaban J connectivity index is 2.91. The molecule has 2 radical (unpaired) electrons. The third-order valence-electron chi connectivity index (χ3n) is 2.13. The van der Waals surface area contributed by atoms with Crippen molar-refractivity contribution in [3.05, 3.63) is 34.4 Å². The second-order valence-corrected chi connectivity index (χ2v) is 2.99. The lowest BCUT2D eigenvalue weighted by molar-refractivity contribution is 0.0763. The van der Waals surface area contributed by atoms with Gasteiger partial charge in [0.25, 0.3) is 11.8 Å². The van der Waals surface area contributed by atoms with Gasteiger partial charge in [0, 0.05) is 0 Å². The molecule has 0 N–H and O–H groups in total. The summed E-state index contributed by atoms with van der Waals surface area (Å²) in [6.07, 6.45) is 0. The third kappa shape index (κ3) is 1.04. The molecular weight excluding hydrogens is 229 g/mol. The van der Waals surface area contributed by atoms with Crippen molar-refractivity contribution in [2.45, 2.75) is 0 Å². The van der Waals surface area contributed by atoms with Crippen LogP contribution >= 0.6 is 0 Å². The highest BCUT2D eigenvalue weighted by atomic mass is 19.2. The van der Waals surface area contributed by atoms with Crippen molar-refractivity contribution in [3.63, 3.8) is 0 Å². The maximum atomic E-state index is 13.1. The van der Waals surface area contributed by atoms with Crippen molar-refractivity contribution in [2.24, 2.45) is 0 Å². The van der Waals surface area contributed by atoms with Crippen molar-refractivity contribution < 1.29 is 27.2 Å². The minimum atomic E-state index is -2.16. The van der Waals surface area contributed by atoms with E-state index in [0.717, 1.165) is 0 Å². The lowest BCUT2D eigenvalue weighted by Gasteiger charge is -2.03. The average Bonchev–Trinajstić information content (AvgIpc) is 2.48. The van der Waals surface area contributed by atoms with E-state index in [0.29, 0.717) is 0 Å². The van der Waals surface area contributed by atoms with E-state index in [1.54, 1.807) is 0 Å². The summed E-state index contributed by atoms with van der Waals surface area (Å²) in [6.45, 7) is 0. The van der Waals surface area contributed by atoms with E-state index in [9.17, 15) is 27.2 Å². The number of imide groups is 1. The van der Waals surface area contributed by atoms with Crippen LogP contribution in [0.2, 0.25) is 0 Å². The van der Waals surface area contributed by atoms with Gasteiger partial charge in [0.15, 0.2) is 23.3 Å². The van der Waals surface area contributed by atoms with Crippen LogP contribution in [-0.2, 0) is 0 Å². The van der Waals surface area contributed by atoms with Crippen molar-refractivity contribution >= 4 is 19.8 Å². The number of fused-ring (bicyclic) bond motifs is 1. The lowest BCUT2D eigenvalue weighted by Crippen LogP contribution is -2.26. The molecular formula is C8BF4NO2. The van der Waals surface area contributed by atoms with Crippen LogP contribution in [0.1, 0.15) is 20.7 Å². The number of hydrogen-bond acceptors (Lipinski definition) is 2. The van der Waals surface area contributed by atoms with Gasteiger partial charge in [0.1, 0.15) is 0 Å². The zero-order valence-electron chi connectivity index (χ0n) is 7.35. The minimum absolute atomic E-state index is 0.115. The van der Waals surface area contributed by atoms with Crippen LogP contribution in [0.3, 0.4) is 0 Å². The largest absolute Gasteiger partial charge is 0.332 e.